The fourth-order valence-electron chi connectivity index (χ4n) is 1.71. The first kappa shape index (κ1) is 14.5. The predicted octanol–water partition coefficient (Wildman–Crippen LogP) is 2.86. The minimum absolute atomic E-state index is 0.0959. The van der Waals surface area contributed by atoms with Gasteiger partial charge in [0, 0.05) is 0 Å². The van der Waals surface area contributed by atoms with Gasteiger partial charge in [-0.25, -0.2) is 0 Å². The Morgan fingerprint density at radius 2 is 2.24 bits per heavy atom. The van der Waals surface area contributed by atoms with Gasteiger partial charge in [-0.1, -0.05) is 6.92 Å². The Morgan fingerprint density at radius 1 is 1.47 bits per heavy atom. The van der Waals surface area contributed by atoms with Crippen LogP contribution in [0, 0.1) is 0 Å². The molecule has 0 spiro atoms. The zero-order valence-electron chi connectivity index (χ0n) is 11.7. The van der Waals surface area contributed by atoms with Crippen LogP contribution in [0.1, 0.15) is 47.0 Å². The molecule has 3 nitrogen and oxygen atoms in total. The van der Waals surface area contributed by atoms with Crippen LogP contribution in [0.25, 0.3) is 0 Å². The largest absolute Gasteiger partial charge is 0.497 e. The third kappa shape index (κ3) is 6.08. The quantitative estimate of drug-likeness (QED) is 0.775. The van der Waals surface area contributed by atoms with E-state index < -0.39 is 0 Å². The topological polar surface area (TPSA) is 30.5 Å². The molecule has 0 aromatic heterocycles. The van der Waals surface area contributed by atoms with Gasteiger partial charge in [-0.15, -0.1) is 0 Å². The van der Waals surface area contributed by atoms with Crippen molar-refractivity contribution in [2.75, 3.05) is 19.8 Å². The maximum absolute atomic E-state index is 5.86. The van der Waals surface area contributed by atoms with Crippen LogP contribution in [0.5, 0.6) is 0 Å². The summed E-state index contributed by atoms with van der Waals surface area (Å²) in [6.45, 7) is 10.9. The standard InChI is InChI=1S/C14H27NO2/c1-5-9-15-12(11-17-14(2,3)4)13-8-6-7-10-16-13/h8,12,15H,5-7,9-11H2,1-4H3. The van der Waals surface area contributed by atoms with E-state index in [1.807, 2.05) is 0 Å². The molecule has 1 heterocycles. The van der Waals surface area contributed by atoms with Gasteiger partial charge in [0.1, 0.15) is 5.76 Å². The molecule has 0 saturated carbocycles. The van der Waals surface area contributed by atoms with Crippen LogP contribution in [0.3, 0.4) is 0 Å². The summed E-state index contributed by atoms with van der Waals surface area (Å²) in [6, 6.07) is 0.203. The smallest absolute Gasteiger partial charge is 0.111 e. The summed E-state index contributed by atoms with van der Waals surface area (Å²) in [5.41, 5.74) is -0.0959. The van der Waals surface area contributed by atoms with Crippen LogP contribution in [0.15, 0.2) is 11.8 Å². The molecule has 0 aromatic rings. The van der Waals surface area contributed by atoms with E-state index in [2.05, 4.69) is 39.1 Å². The van der Waals surface area contributed by atoms with Crippen LogP contribution in [0.4, 0.5) is 0 Å². The van der Waals surface area contributed by atoms with Crippen molar-refractivity contribution in [1.82, 2.24) is 5.32 Å². The van der Waals surface area contributed by atoms with Crippen LogP contribution in [-0.2, 0) is 9.47 Å². The molecule has 1 rings (SSSR count). The monoisotopic (exact) mass is 241 g/mol. The minimum Gasteiger partial charge on any atom is -0.497 e. The normalized spacial score (nSPS) is 18.5. The fourth-order valence-corrected chi connectivity index (χ4v) is 1.71. The Balaban J connectivity index is 2.50. The number of rotatable bonds is 6. The molecule has 1 N–H and O–H groups in total. The van der Waals surface area contributed by atoms with Gasteiger partial charge in [0.2, 0.25) is 0 Å². The molecule has 1 unspecified atom stereocenters. The van der Waals surface area contributed by atoms with E-state index >= 15 is 0 Å². The van der Waals surface area contributed by atoms with E-state index in [0.717, 1.165) is 38.2 Å². The van der Waals surface area contributed by atoms with Crippen LogP contribution >= 0.6 is 0 Å². The summed E-state index contributed by atoms with van der Waals surface area (Å²) >= 11 is 0. The molecular weight excluding hydrogens is 214 g/mol. The van der Waals surface area contributed by atoms with Gasteiger partial charge in [-0.05, 0) is 52.7 Å². The zero-order valence-corrected chi connectivity index (χ0v) is 11.7. The maximum atomic E-state index is 5.86. The van der Waals surface area contributed by atoms with Gasteiger partial charge in [0.05, 0.1) is 24.9 Å². The average Bonchev–Trinajstić information content (AvgIpc) is 2.29. The molecule has 0 saturated heterocycles. The summed E-state index contributed by atoms with van der Waals surface area (Å²) in [4.78, 5) is 0. The summed E-state index contributed by atoms with van der Waals surface area (Å²) in [5.74, 6) is 1.06. The third-order valence-electron chi connectivity index (χ3n) is 2.63. The van der Waals surface area contributed by atoms with Crippen molar-refractivity contribution < 1.29 is 9.47 Å². The minimum atomic E-state index is -0.0959. The highest BCUT2D eigenvalue weighted by Gasteiger charge is 2.20. The SMILES string of the molecule is CCCNC(COC(C)(C)C)C1=CCCCO1. The zero-order chi connectivity index (χ0) is 12.7. The van der Waals surface area contributed by atoms with E-state index in [-0.39, 0.29) is 11.6 Å². The van der Waals surface area contributed by atoms with E-state index in [4.69, 9.17) is 9.47 Å². The molecule has 0 bridgehead atoms. The lowest BCUT2D eigenvalue weighted by atomic mass is 10.1. The predicted molar refractivity (Wildman–Crippen MR) is 71.1 cm³/mol. The van der Waals surface area contributed by atoms with E-state index in [1.54, 1.807) is 0 Å². The van der Waals surface area contributed by atoms with Crippen molar-refractivity contribution in [1.29, 1.82) is 0 Å². The van der Waals surface area contributed by atoms with Crippen LogP contribution in [-0.4, -0.2) is 31.4 Å². The summed E-state index contributed by atoms with van der Waals surface area (Å²) in [5, 5.41) is 3.49. The lowest BCUT2D eigenvalue weighted by Gasteiger charge is -2.28. The number of hydrogen-bond acceptors (Lipinski definition) is 3. The molecule has 17 heavy (non-hydrogen) atoms. The summed E-state index contributed by atoms with van der Waals surface area (Å²) < 4.78 is 11.6. The number of hydrogen-bond donors (Lipinski definition) is 1. The molecule has 0 amide bonds. The highest BCUT2D eigenvalue weighted by molar-refractivity contribution is 5.05. The molecule has 0 radical (unpaired) electrons. The first-order valence-corrected chi connectivity index (χ1v) is 6.73. The highest BCUT2D eigenvalue weighted by Crippen LogP contribution is 2.16. The van der Waals surface area contributed by atoms with Gasteiger partial charge in [0.25, 0.3) is 0 Å². The van der Waals surface area contributed by atoms with E-state index in [9.17, 15) is 0 Å². The number of nitrogens with one attached hydrogen (secondary N) is 1. The lowest BCUT2D eigenvalue weighted by Crippen LogP contribution is -2.39. The molecule has 0 aromatic carbocycles. The van der Waals surface area contributed by atoms with Gasteiger partial charge < -0.3 is 14.8 Å². The Bertz CT molecular complexity index is 243. The number of allylic oxidation sites excluding steroid dienone is 1. The lowest BCUT2D eigenvalue weighted by molar-refractivity contribution is -0.0178. The molecule has 3 heteroatoms. The van der Waals surface area contributed by atoms with Gasteiger partial charge >= 0.3 is 0 Å². The Morgan fingerprint density at radius 3 is 2.76 bits per heavy atom. The molecule has 100 valence electrons. The van der Waals surface area contributed by atoms with Crippen LogP contribution < -0.4 is 5.32 Å². The maximum Gasteiger partial charge on any atom is 0.111 e. The van der Waals surface area contributed by atoms with Gasteiger partial charge in [-0.3, -0.25) is 0 Å². The van der Waals surface area contributed by atoms with E-state index in [1.165, 1.54) is 0 Å². The molecular formula is C14H27NO2. The van der Waals surface area contributed by atoms with E-state index in [0.29, 0.717) is 6.61 Å². The fraction of sp³-hybridized carbons (Fsp3) is 0.857. The Kier molecular flexibility index (Phi) is 6.00. The Hall–Kier alpha value is -0.540. The first-order chi connectivity index (χ1) is 8.03. The molecule has 1 atom stereocenters. The summed E-state index contributed by atoms with van der Waals surface area (Å²) in [7, 11) is 0. The van der Waals surface area contributed by atoms with Crippen molar-refractivity contribution in [2.45, 2.75) is 58.6 Å². The molecule has 1 aliphatic rings. The molecule has 0 aliphatic carbocycles. The second kappa shape index (κ2) is 7.02. The highest BCUT2D eigenvalue weighted by atomic mass is 16.5. The third-order valence-corrected chi connectivity index (χ3v) is 2.63. The van der Waals surface area contributed by atoms with Crippen molar-refractivity contribution in [2.24, 2.45) is 0 Å². The van der Waals surface area contributed by atoms with Crippen molar-refractivity contribution >= 4 is 0 Å². The number of ether oxygens (including phenoxy) is 2. The van der Waals surface area contributed by atoms with Crippen LogP contribution in [0.2, 0.25) is 0 Å². The van der Waals surface area contributed by atoms with Crippen molar-refractivity contribution in [3.8, 4) is 0 Å². The van der Waals surface area contributed by atoms with Gasteiger partial charge in [-0.2, -0.15) is 0 Å². The Labute approximate surface area is 106 Å². The summed E-state index contributed by atoms with van der Waals surface area (Å²) in [6.07, 6.45) is 5.57. The van der Waals surface area contributed by atoms with Crippen molar-refractivity contribution in [3.05, 3.63) is 11.8 Å². The first-order valence-electron chi connectivity index (χ1n) is 6.73. The average molecular weight is 241 g/mol. The second-order valence-corrected chi connectivity index (χ2v) is 5.53. The van der Waals surface area contributed by atoms with Crippen molar-refractivity contribution in [3.63, 3.8) is 0 Å². The second-order valence-electron chi connectivity index (χ2n) is 5.53. The van der Waals surface area contributed by atoms with Gasteiger partial charge in [0.15, 0.2) is 0 Å². The molecule has 0 fully saturated rings. The molecule has 1 aliphatic heterocycles.